The van der Waals surface area contributed by atoms with Crippen molar-refractivity contribution in [2.75, 3.05) is 57.4 Å². The summed E-state index contributed by atoms with van der Waals surface area (Å²) < 4.78 is 44.2. The zero-order chi connectivity index (χ0) is 33.5. The number of aromatic hydroxyl groups is 1. The molecule has 254 valence electrons. The molecular weight excluding hydrogens is 624 g/mol. The lowest BCUT2D eigenvalue weighted by atomic mass is 9.73. The number of phenols is 1. The second-order valence-electron chi connectivity index (χ2n) is 15.4. The minimum atomic E-state index is -0.579. The van der Waals surface area contributed by atoms with Gasteiger partial charge in [-0.05, 0) is 86.2 Å². The first-order valence-electron chi connectivity index (χ1n) is 17.6. The minimum absolute atomic E-state index is 0.0229. The van der Waals surface area contributed by atoms with Crippen molar-refractivity contribution in [3.63, 3.8) is 0 Å². The number of benzene rings is 3. The molecule has 5 aliphatic rings. The van der Waals surface area contributed by atoms with Gasteiger partial charge in [0, 0.05) is 85.2 Å². The molecular formula is C39H41F2N5O3. The Hall–Kier alpha value is -4.04. The number of terminal acetylenes is 1. The summed E-state index contributed by atoms with van der Waals surface area (Å²) in [6.07, 6.45) is 12.4. The molecule has 2 bridgehead atoms. The summed E-state index contributed by atoms with van der Waals surface area (Å²) >= 11 is 0. The number of hydrogen-bond acceptors (Lipinski definition) is 8. The zero-order valence-corrected chi connectivity index (χ0v) is 27.8. The Bertz CT molecular complexity index is 2020. The lowest BCUT2D eigenvalue weighted by Crippen LogP contribution is -2.59. The van der Waals surface area contributed by atoms with Gasteiger partial charge in [-0.25, -0.2) is 8.78 Å². The molecule has 1 spiro atoms. The average Bonchev–Trinajstić information content (AvgIpc) is 3.77. The number of fused-ring (bicyclic) bond motifs is 4. The second kappa shape index (κ2) is 11.5. The molecule has 1 aliphatic carbocycles. The van der Waals surface area contributed by atoms with E-state index in [1.54, 1.807) is 6.07 Å². The number of rotatable bonds is 7. The number of nitrogens with one attached hydrogen (secondary N) is 1. The van der Waals surface area contributed by atoms with Crippen LogP contribution >= 0.6 is 0 Å². The number of ether oxygens (including phenoxy) is 2. The van der Waals surface area contributed by atoms with E-state index in [-0.39, 0.29) is 33.8 Å². The molecule has 1 saturated carbocycles. The van der Waals surface area contributed by atoms with Crippen molar-refractivity contribution < 1.29 is 23.4 Å². The third kappa shape index (κ3) is 5.38. The smallest absolute Gasteiger partial charge is 0.319 e. The minimum Gasteiger partial charge on any atom is -0.508 e. The molecule has 1 aromatic heterocycles. The normalized spacial score (nSPS) is 23.9. The Morgan fingerprint density at radius 2 is 1.82 bits per heavy atom. The summed E-state index contributed by atoms with van der Waals surface area (Å²) in [6.45, 7) is 8.74. The van der Waals surface area contributed by atoms with Gasteiger partial charge >= 0.3 is 6.01 Å². The van der Waals surface area contributed by atoms with Gasteiger partial charge in [0.15, 0.2) is 5.82 Å². The Labute approximate surface area is 284 Å². The molecule has 8 nitrogen and oxygen atoms in total. The highest BCUT2D eigenvalue weighted by molar-refractivity contribution is 6.05. The number of aryl methyl sites for hydroxylation is 1. The van der Waals surface area contributed by atoms with Gasteiger partial charge in [0.2, 0.25) is 0 Å². The van der Waals surface area contributed by atoms with E-state index < -0.39 is 11.6 Å². The van der Waals surface area contributed by atoms with Gasteiger partial charge in [-0.2, -0.15) is 9.97 Å². The zero-order valence-electron chi connectivity index (χ0n) is 27.8. The number of halogens is 2. The van der Waals surface area contributed by atoms with Crippen LogP contribution in [-0.4, -0.2) is 84.6 Å². The Morgan fingerprint density at radius 3 is 2.53 bits per heavy atom. The van der Waals surface area contributed by atoms with Gasteiger partial charge in [0.1, 0.15) is 22.9 Å². The van der Waals surface area contributed by atoms with E-state index in [1.165, 1.54) is 18.2 Å². The number of likely N-dealkylation sites (tertiary alicyclic amines) is 1. The second-order valence-corrected chi connectivity index (χ2v) is 15.4. The fourth-order valence-electron chi connectivity index (χ4n) is 9.04. The molecule has 10 heteroatoms. The van der Waals surface area contributed by atoms with Crippen molar-refractivity contribution in [3.8, 4) is 35.2 Å². The molecule has 9 rings (SSSR count). The van der Waals surface area contributed by atoms with Crippen LogP contribution in [0.2, 0.25) is 0 Å². The first-order valence-corrected chi connectivity index (χ1v) is 17.6. The molecule has 4 aromatic rings. The molecule has 5 heterocycles. The van der Waals surface area contributed by atoms with E-state index in [0.29, 0.717) is 57.2 Å². The molecule has 0 radical (unpaired) electrons. The van der Waals surface area contributed by atoms with Gasteiger partial charge in [-0.15, -0.1) is 6.42 Å². The third-order valence-corrected chi connectivity index (χ3v) is 11.8. The number of aromatic nitrogens is 2. The van der Waals surface area contributed by atoms with Crippen molar-refractivity contribution in [2.45, 2.75) is 57.5 Å². The fraction of sp³-hybridized carbons (Fsp3) is 0.487. The maximum Gasteiger partial charge on any atom is 0.319 e. The van der Waals surface area contributed by atoms with E-state index in [4.69, 9.17) is 25.9 Å². The van der Waals surface area contributed by atoms with E-state index in [2.05, 4.69) is 21.0 Å². The topological polar surface area (TPSA) is 83.0 Å². The number of piperazine rings is 1. The van der Waals surface area contributed by atoms with E-state index in [1.807, 2.05) is 13.0 Å². The lowest BCUT2D eigenvalue weighted by molar-refractivity contribution is -0.0884. The summed E-state index contributed by atoms with van der Waals surface area (Å²) in [4.78, 5) is 14.5. The van der Waals surface area contributed by atoms with Crippen LogP contribution in [-0.2, 0) is 4.74 Å². The van der Waals surface area contributed by atoms with Crippen LogP contribution in [0.4, 0.5) is 14.6 Å². The van der Waals surface area contributed by atoms with E-state index in [9.17, 15) is 9.50 Å². The third-order valence-electron chi connectivity index (χ3n) is 11.8. The van der Waals surface area contributed by atoms with Gasteiger partial charge in [0.05, 0.1) is 12.2 Å². The maximum atomic E-state index is 17.2. The first-order chi connectivity index (χ1) is 23.7. The summed E-state index contributed by atoms with van der Waals surface area (Å²) in [5, 5.41) is 15.9. The predicted molar refractivity (Wildman–Crippen MR) is 185 cm³/mol. The van der Waals surface area contributed by atoms with E-state index in [0.717, 1.165) is 84.5 Å². The molecule has 4 saturated heterocycles. The van der Waals surface area contributed by atoms with Crippen LogP contribution in [0, 0.1) is 41.7 Å². The largest absolute Gasteiger partial charge is 0.508 e. The highest BCUT2D eigenvalue weighted by Crippen LogP contribution is 2.50. The molecule has 4 aliphatic heterocycles. The highest BCUT2D eigenvalue weighted by atomic mass is 19.1. The highest BCUT2D eigenvalue weighted by Gasteiger charge is 2.51. The van der Waals surface area contributed by atoms with Gasteiger partial charge in [-0.3, -0.25) is 0 Å². The number of nitrogens with zero attached hydrogens (tertiary/aromatic N) is 4. The monoisotopic (exact) mass is 665 g/mol. The first kappa shape index (κ1) is 31.0. The van der Waals surface area contributed by atoms with Crippen molar-refractivity contribution in [1.82, 2.24) is 20.2 Å². The number of anilines is 1. The SMILES string of the molecule is C#Cc1c(F)ccc2cc(O)cc(-c3c(C)cc4c(N5CC6CCC(C5)N6)nc(OCC5(CN6CC7(CCOCC7)C6)CC5)nc4c3F)c12. The Kier molecular flexibility index (Phi) is 7.28. The summed E-state index contributed by atoms with van der Waals surface area (Å²) in [5.74, 6) is 1.88. The number of hydrogen-bond donors (Lipinski definition) is 2. The van der Waals surface area contributed by atoms with E-state index >= 15 is 4.39 Å². The fourth-order valence-corrected chi connectivity index (χ4v) is 9.04. The number of phenolic OH excluding ortho intramolecular Hbond substituents is 1. The molecule has 2 atom stereocenters. The van der Waals surface area contributed by atoms with Gasteiger partial charge in [0.25, 0.3) is 0 Å². The summed E-state index contributed by atoms with van der Waals surface area (Å²) in [5.41, 5.74) is 1.75. The van der Waals surface area contributed by atoms with Crippen molar-refractivity contribution in [3.05, 3.63) is 53.1 Å². The Morgan fingerprint density at radius 1 is 1.06 bits per heavy atom. The molecule has 2 unspecified atom stereocenters. The van der Waals surface area contributed by atoms with Crippen LogP contribution in [0.5, 0.6) is 11.8 Å². The summed E-state index contributed by atoms with van der Waals surface area (Å²) in [6, 6.07) is 8.53. The molecule has 2 N–H and O–H groups in total. The van der Waals surface area contributed by atoms with Crippen LogP contribution < -0.4 is 15.0 Å². The summed E-state index contributed by atoms with van der Waals surface area (Å²) in [7, 11) is 0. The molecule has 3 aromatic carbocycles. The maximum absolute atomic E-state index is 17.2. The van der Waals surface area contributed by atoms with Gasteiger partial charge < -0.3 is 29.7 Å². The quantitative estimate of drug-likeness (QED) is 0.235. The van der Waals surface area contributed by atoms with Crippen molar-refractivity contribution >= 4 is 27.5 Å². The molecule has 49 heavy (non-hydrogen) atoms. The molecule has 0 amide bonds. The molecule has 5 fully saturated rings. The van der Waals surface area contributed by atoms with Crippen LogP contribution in [0.1, 0.15) is 49.7 Å². The lowest BCUT2D eigenvalue weighted by Gasteiger charge is -2.53. The van der Waals surface area contributed by atoms with Gasteiger partial charge in [-0.1, -0.05) is 12.0 Å². The van der Waals surface area contributed by atoms with Crippen LogP contribution in [0.25, 0.3) is 32.8 Å². The van der Waals surface area contributed by atoms with Crippen LogP contribution in [0.15, 0.2) is 30.3 Å². The standard InChI is InChI=1S/C39H41F2N5O3/c1-3-28-31(40)7-4-24-15-27(47)16-29(33(24)28)32-23(2)14-30-35(34(32)41)43-37(44-36(30)46-17-25-5-6-26(18-46)42-25)49-22-39(8-9-39)21-45-19-38(20-45)10-12-48-13-11-38/h1,4,7,14-16,25-26,42,47H,5-6,8-13,17-22H2,2H3. The van der Waals surface area contributed by atoms with Crippen molar-refractivity contribution in [2.24, 2.45) is 10.8 Å². The van der Waals surface area contributed by atoms with Crippen molar-refractivity contribution in [1.29, 1.82) is 0 Å². The van der Waals surface area contributed by atoms with Crippen LogP contribution in [0.3, 0.4) is 0 Å². The average molecular weight is 666 g/mol. The Balaban J connectivity index is 1.10. The predicted octanol–water partition coefficient (Wildman–Crippen LogP) is 5.94.